The van der Waals surface area contributed by atoms with Gasteiger partial charge in [0.05, 0.1) is 0 Å². The molecule has 1 aliphatic heterocycles. The van der Waals surface area contributed by atoms with E-state index in [1.807, 2.05) is 49.4 Å². The lowest BCUT2D eigenvalue weighted by atomic mass is 9.98. The molecule has 148 valence electrons. The monoisotopic (exact) mass is 399 g/mol. The number of para-hydroxylation sites is 1. The molecule has 2 amide bonds. The predicted octanol–water partition coefficient (Wildman–Crippen LogP) is 4.06. The lowest BCUT2D eigenvalue weighted by Crippen LogP contribution is -2.51. The number of piperazine rings is 1. The number of nitrogens with zero attached hydrogens (tertiary/aromatic N) is 2. The third-order valence-electron chi connectivity index (χ3n) is 5.10. The van der Waals surface area contributed by atoms with Crippen molar-refractivity contribution >= 4 is 34.8 Å². The van der Waals surface area contributed by atoms with Gasteiger partial charge in [0.25, 0.3) is 0 Å². The molecular weight excluding hydrogens is 374 g/mol. The van der Waals surface area contributed by atoms with Crippen LogP contribution in [0.25, 0.3) is 0 Å². The summed E-state index contributed by atoms with van der Waals surface area (Å²) in [6, 6.07) is 13.6. The molecule has 2 aromatic rings. The van der Waals surface area contributed by atoms with Crippen LogP contribution in [0.1, 0.15) is 30.9 Å². The molecule has 2 aromatic carbocycles. The second kappa shape index (κ2) is 8.65. The van der Waals surface area contributed by atoms with Crippen molar-refractivity contribution < 1.29 is 9.59 Å². The Hall–Kier alpha value is -2.53. The summed E-state index contributed by atoms with van der Waals surface area (Å²) >= 11 is 6.07. The van der Waals surface area contributed by atoms with Gasteiger partial charge in [-0.15, -0.1) is 0 Å². The standard InChI is InChI=1S/C22H26ClN3O2/c1-15(2)19-9-4-6-16(3)20(19)24-21(27)22(28)26-12-10-25(11-13-26)18-8-5-7-17(23)14-18/h4-9,14-15H,10-13H2,1-3H3,(H,24,27). The van der Waals surface area contributed by atoms with Crippen molar-refractivity contribution in [2.24, 2.45) is 0 Å². The van der Waals surface area contributed by atoms with E-state index in [0.717, 1.165) is 22.5 Å². The summed E-state index contributed by atoms with van der Waals surface area (Å²) in [7, 11) is 0. The normalized spacial score (nSPS) is 14.3. The molecule has 0 atom stereocenters. The molecule has 0 saturated carbocycles. The van der Waals surface area contributed by atoms with Crippen LogP contribution in [-0.2, 0) is 9.59 Å². The zero-order chi connectivity index (χ0) is 20.3. The summed E-state index contributed by atoms with van der Waals surface area (Å²) in [5.41, 5.74) is 3.77. The van der Waals surface area contributed by atoms with Gasteiger partial charge in [0.2, 0.25) is 0 Å². The van der Waals surface area contributed by atoms with E-state index in [1.165, 1.54) is 0 Å². The van der Waals surface area contributed by atoms with Crippen LogP contribution in [-0.4, -0.2) is 42.9 Å². The highest BCUT2D eigenvalue weighted by Crippen LogP contribution is 2.27. The molecule has 0 unspecified atom stereocenters. The highest BCUT2D eigenvalue weighted by Gasteiger charge is 2.27. The molecule has 3 rings (SSSR count). The lowest BCUT2D eigenvalue weighted by molar-refractivity contribution is -0.143. The zero-order valence-electron chi connectivity index (χ0n) is 16.5. The van der Waals surface area contributed by atoms with E-state index < -0.39 is 11.8 Å². The number of nitrogens with one attached hydrogen (secondary N) is 1. The summed E-state index contributed by atoms with van der Waals surface area (Å²) < 4.78 is 0. The Kier molecular flexibility index (Phi) is 6.25. The summed E-state index contributed by atoms with van der Waals surface area (Å²) in [5, 5.41) is 3.54. The van der Waals surface area contributed by atoms with Crippen LogP contribution in [0.2, 0.25) is 5.02 Å². The largest absolute Gasteiger partial charge is 0.368 e. The number of carbonyl (C=O) groups excluding carboxylic acids is 2. The van der Waals surface area contributed by atoms with Crippen LogP contribution in [0.15, 0.2) is 42.5 Å². The molecule has 1 saturated heterocycles. The molecule has 0 radical (unpaired) electrons. The van der Waals surface area contributed by atoms with Gasteiger partial charge in [-0.2, -0.15) is 0 Å². The smallest absolute Gasteiger partial charge is 0.313 e. The Morgan fingerprint density at radius 2 is 1.71 bits per heavy atom. The second-order valence-electron chi connectivity index (χ2n) is 7.41. The number of carbonyl (C=O) groups is 2. The molecule has 28 heavy (non-hydrogen) atoms. The van der Waals surface area contributed by atoms with Gasteiger partial charge < -0.3 is 15.1 Å². The fourth-order valence-corrected chi connectivity index (χ4v) is 3.68. The summed E-state index contributed by atoms with van der Waals surface area (Å²) in [4.78, 5) is 29.1. The van der Waals surface area contributed by atoms with Gasteiger partial charge in [-0.25, -0.2) is 0 Å². The van der Waals surface area contributed by atoms with Crippen LogP contribution < -0.4 is 10.2 Å². The maximum Gasteiger partial charge on any atom is 0.313 e. The Labute approximate surface area is 171 Å². The maximum absolute atomic E-state index is 12.7. The minimum atomic E-state index is -0.576. The lowest BCUT2D eigenvalue weighted by Gasteiger charge is -2.35. The van der Waals surface area contributed by atoms with E-state index in [0.29, 0.717) is 31.2 Å². The van der Waals surface area contributed by atoms with Crippen molar-refractivity contribution in [2.75, 3.05) is 36.4 Å². The Morgan fingerprint density at radius 1 is 1.04 bits per heavy atom. The molecule has 1 N–H and O–H groups in total. The third kappa shape index (κ3) is 4.47. The zero-order valence-corrected chi connectivity index (χ0v) is 17.3. The molecule has 5 nitrogen and oxygen atoms in total. The van der Waals surface area contributed by atoms with Gasteiger partial charge in [-0.3, -0.25) is 9.59 Å². The van der Waals surface area contributed by atoms with Crippen molar-refractivity contribution in [1.29, 1.82) is 0 Å². The number of anilines is 2. The van der Waals surface area contributed by atoms with Gasteiger partial charge >= 0.3 is 11.8 Å². The summed E-state index contributed by atoms with van der Waals surface area (Å²) in [6.07, 6.45) is 0. The molecule has 0 aromatic heterocycles. The minimum Gasteiger partial charge on any atom is -0.368 e. The van der Waals surface area contributed by atoms with Crippen molar-refractivity contribution in [1.82, 2.24) is 4.90 Å². The minimum absolute atomic E-state index is 0.256. The number of rotatable bonds is 3. The fraction of sp³-hybridized carbons (Fsp3) is 0.364. The number of aryl methyl sites for hydroxylation is 1. The Balaban J connectivity index is 1.63. The Bertz CT molecular complexity index is 874. The van der Waals surface area contributed by atoms with Crippen molar-refractivity contribution in [3.63, 3.8) is 0 Å². The highest BCUT2D eigenvalue weighted by atomic mass is 35.5. The first-order valence-electron chi connectivity index (χ1n) is 9.57. The van der Waals surface area contributed by atoms with E-state index in [1.54, 1.807) is 4.90 Å². The van der Waals surface area contributed by atoms with Gasteiger partial charge in [0, 0.05) is 42.6 Å². The van der Waals surface area contributed by atoms with Gasteiger partial charge in [0.1, 0.15) is 0 Å². The van der Waals surface area contributed by atoms with Gasteiger partial charge in [-0.1, -0.05) is 49.7 Å². The molecule has 0 bridgehead atoms. The summed E-state index contributed by atoms with van der Waals surface area (Å²) in [5.74, 6) is -0.803. The molecule has 0 spiro atoms. The average molecular weight is 400 g/mol. The van der Waals surface area contributed by atoms with E-state index in [2.05, 4.69) is 24.1 Å². The molecule has 6 heteroatoms. The number of hydrogen-bond acceptors (Lipinski definition) is 3. The first-order valence-corrected chi connectivity index (χ1v) is 9.95. The quantitative estimate of drug-likeness (QED) is 0.792. The van der Waals surface area contributed by atoms with Crippen LogP contribution in [0.4, 0.5) is 11.4 Å². The number of hydrogen-bond donors (Lipinski definition) is 1. The van der Waals surface area contributed by atoms with Gasteiger partial charge in [0.15, 0.2) is 0 Å². The van der Waals surface area contributed by atoms with Crippen LogP contribution in [0, 0.1) is 6.92 Å². The maximum atomic E-state index is 12.7. The fourth-order valence-electron chi connectivity index (χ4n) is 3.49. The highest BCUT2D eigenvalue weighted by molar-refractivity contribution is 6.39. The van der Waals surface area contributed by atoms with E-state index in [9.17, 15) is 9.59 Å². The predicted molar refractivity (Wildman–Crippen MR) is 114 cm³/mol. The average Bonchev–Trinajstić information content (AvgIpc) is 2.68. The first kappa shape index (κ1) is 20.2. The number of amides is 2. The number of halogens is 1. The first-order chi connectivity index (χ1) is 13.4. The van der Waals surface area contributed by atoms with E-state index >= 15 is 0 Å². The third-order valence-corrected chi connectivity index (χ3v) is 5.34. The molecule has 0 aliphatic carbocycles. The topological polar surface area (TPSA) is 52.7 Å². The van der Waals surface area contributed by atoms with Gasteiger partial charge in [-0.05, 0) is 42.2 Å². The summed E-state index contributed by atoms with van der Waals surface area (Å²) in [6.45, 7) is 8.42. The van der Waals surface area contributed by atoms with Crippen LogP contribution >= 0.6 is 11.6 Å². The molecule has 1 fully saturated rings. The Morgan fingerprint density at radius 3 is 2.36 bits per heavy atom. The molecule has 1 aliphatic rings. The van der Waals surface area contributed by atoms with Crippen LogP contribution in [0.5, 0.6) is 0 Å². The molecule has 1 heterocycles. The second-order valence-corrected chi connectivity index (χ2v) is 7.84. The van der Waals surface area contributed by atoms with Crippen molar-refractivity contribution in [3.8, 4) is 0 Å². The van der Waals surface area contributed by atoms with Crippen LogP contribution in [0.3, 0.4) is 0 Å². The van der Waals surface area contributed by atoms with Crippen molar-refractivity contribution in [2.45, 2.75) is 26.7 Å². The van der Waals surface area contributed by atoms with Crippen molar-refractivity contribution in [3.05, 3.63) is 58.6 Å². The SMILES string of the molecule is Cc1cccc(C(C)C)c1NC(=O)C(=O)N1CCN(c2cccc(Cl)c2)CC1. The van der Waals surface area contributed by atoms with E-state index in [-0.39, 0.29) is 5.92 Å². The molecular formula is C22H26ClN3O2. The van der Waals surface area contributed by atoms with E-state index in [4.69, 9.17) is 11.6 Å². The number of benzene rings is 2.